The summed E-state index contributed by atoms with van der Waals surface area (Å²) in [6.45, 7) is 0.311. The maximum Gasteiger partial charge on any atom is 0.416 e. The maximum atomic E-state index is 12.8. The van der Waals surface area contributed by atoms with Crippen LogP contribution in [0.15, 0.2) is 67.0 Å². The zero-order valence-electron chi connectivity index (χ0n) is 16.1. The summed E-state index contributed by atoms with van der Waals surface area (Å²) in [6, 6.07) is 12.1. The second-order valence-corrected chi connectivity index (χ2v) is 6.41. The van der Waals surface area contributed by atoms with Crippen LogP contribution in [0.3, 0.4) is 0 Å². The average molecular weight is 429 g/mol. The second kappa shape index (κ2) is 9.70. The normalized spacial score (nSPS) is 10.9. The van der Waals surface area contributed by atoms with E-state index in [4.69, 9.17) is 0 Å². The molecule has 2 amide bonds. The molecular formula is C21H18F3N5O2. The van der Waals surface area contributed by atoms with E-state index < -0.39 is 17.6 Å². The van der Waals surface area contributed by atoms with Crippen molar-refractivity contribution in [3.05, 3.63) is 78.1 Å². The van der Waals surface area contributed by atoms with Crippen LogP contribution in [0.5, 0.6) is 0 Å². The van der Waals surface area contributed by atoms with E-state index in [1.54, 1.807) is 30.6 Å². The predicted octanol–water partition coefficient (Wildman–Crippen LogP) is 4.19. The Bertz CT molecular complexity index is 1060. The minimum Gasteiger partial charge on any atom is -0.354 e. The van der Waals surface area contributed by atoms with Crippen LogP contribution >= 0.6 is 0 Å². The first kappa shape index (κ1) is 21.8. The Labute approximate surface area is 175 Å². The van der Waals surface area contributed by atoms with Crippen LogP contribution in [0.1, 0.15) is 22.3 Å². The topological polar surface area (TPSA) is 96.0 Å². The molecule has 31 heavy (non-hydrogen) atoms. The van der Waals surface area contributed by atoms with Crippen molar-refractivity contribution in [1.29, 1.82) is 0 Å². The van der Waals surface area contributed by atoms with Gasteiger partial charge in [0, 0.05) is 42.3 Å². The van der Waals surface area contributed by atoms with Gasteiger partial charge in [0.1, 0.15) is 0 Å². The molecule has 2 aromatic carbocycles. The number of anilines is 3. The van der Waals surface area contributed by atoms with Crippen LogP contribution in [-0.2, 0) is 11.0 Å². The molecule has 0 radical (unpaired) electrons. The summed E-state index contributed by atoms with van der Waals surface area (Å²) < 4.78 is 38.5. The quantitative estimate of drug-likeness (QED) is 0.524. The molecule has 3 aromatic rings. The molecule has 160 valence electrons. The van der Waals surface area contributed by atoms with Crippen LogP contribution in [0.25, 0.3) is 0 Å². The van der Waals surface area contributed by atoms with Crippen LogP contribution in [0.2, 0.25) is 0 Å². The first-order chi connectivity index (χ1) is 14.8. The van der Waals surface area contributed by atoms with Crippen molar-refractivity contribution in [1.82, 2.24) is 9.97 Å². The van der Waals surface area contributed by atoms with Gasteiger partial charge in [0.2, 0.25) is 11.9 Å². The summed E-state index contributed by atoms with van der Waals surface area (Å²) in [5.41, 5.74) is -0.270. The molecule has 0 fully saturated rings. The van der Waals surface area contributed by atoms with Gasteiger partial charge < -0.3 is 16.0 Å². The summed E-state index contributed by atoms with van der Waals surface area (Å²) in [4.78, 5) is 32.5. The van der Waals surface area contributed by atoms with Gasteiger partial charge in [-0.25, -0.2) is 9.97 Å². The number of nitrogens with one attached hydrogen (secondary N) is 3. The lowest BCUT2D eigenvalue weighted by Crippen LogP contribution is -2.18. The highest BCUT2D eigenvalue weighted by Crippen LogP contribution is 2.30. The Balaban J connectivity index is 1.57. The van der Waals surface area contributed by atoms with E-state index in [-0.39, 0.29) is 23.6 Å². The maximum absolute atomic E-state index is 12.8. The summed E-state index contributed by atoms with van der Waals surface area (Å²) in [7, 11) is 0. The molecule has 0 saturated heterocycles. The van der Waals surface area contributed by atoms with Gasteiger partial charge in [0.15, 0.2) is 0 Å². The Morgan fingerprint density at radius 2 is 1.55 bits per heavy atom. The summed E-state index contributed by atoms with van der Waals surface area (Å²) in [5.74, 6) is -0.485. The van der Waals surface area contributed by atoms with Gasteiger partial charge in [0.05, 0.1) is 5.56 Å². The molecule has 1 aromatic heterocycles. The third-order valence-corrected chi connectivity index (χ3v) is 4.06. The lowest BCUT2D eigenvalue weighted by Gasteiger charge is -2.11. The Kier molecular flexibility index (Phi) is 6.81. The summed E-state index contributed by atoms with van der Waals surface area (Å²) in [6.07, 6.45) is -1.22. The molecule has 1 heterocycles. The molecular weight excluding hydrogens is 411 g/mol. The third kappa shape index (κ3) is 6.53. The average Bonchev–Trinajstić information content (AvgIpc) is 2.74. The highest BCUT2D eigenvalue weighted by molar-refractivity contribution is 6.05. The SMILES string of the molecule is O=C(CCNc1ncccn1)Nc1cccc(C(=O)Nc2cccc(C(F)(F)F)c2)c1. The number of amides is 2. The minimum atomic E-state index is -4.51. The number of hydrogen-bond acceptors (Lipinski definition) is 5. The van der Waals surface area contributed by atoms with Gasteiger partial charge in [-0.2, -0.15) is 13.2 Å². The zero-order valence-corrected chi connectivity index (χ0v) is 16.1. The molecule has 0 aliphatic carbocycles. The monoisotopic (exact) mass is 429 g/mol. The lowest BCUT2D eigenvalue weighted by atomic mass is 10.1. The standard InChI is InChI=1S/C21H18F3N5O2/c22-21(23,24)15-5-2-7-17(13-15)29-19(31)14-4-1-6-16(12-14)28-18(30)8-11-27-20-25-9-3-10-26-20/h1-7,9-10,12-13H,8,11H2,(H,28,30)(H,29,31)(H,25,26,27). The molecule has 0 bridgehead atoms. The molecule has 10 heteroatoms. The number of rotatable bonds is 7. The highest BCUT2D eigenvalue weighted by Gasteiger charge is 2.30. The Morgan fingerprint density at radius 1 is 0.871 bits per heavy atom. The molecule has 0 saturated carbocycles. The fraction of sp³-hybridized carbons (Fsp3) is 0.143. The molecule has 3 N–H and O–H groups in total. The van der Waals surface area contributed by atoms with E-state index in [1.165, 1.54) is 24.3 Å². The lowest BCUT2D eigenvalue weighted by molar-refractivity contribution is -0.137. The predicted molar refractivity (Wildman–Crippen MR) is 110 cm³/mol. The molecule has 0 spiro atoms. The van der Waals surface area contributed by atoms with E-state index in [2.05, 4.69) is 25.9 Å². The Morgan fingerprint density at radius 3 is 2.26 bits per heavy atom. The van der Waals surface area contributed by atoms with Crippen LogP contribution in [0.4, 0.5) is 30.5 Å². The first-order valence-electron chi connectivity index (χ1n) is 9.21. The van der Waals surface area contributed by atoms with Crippen molar-refractivity contribution in [2.75, 3.05) is 22.5 Å². The fourth-order valence-corrected chi connectivity index (χ4v) is 2.62. The van der Waals surface area contributed by atoms with Crippen LogP contribution in [-0.4, -0.2) is 28.3 Å². The van der Waals surface area contributed by atoms with Crippen molar-refractivity contribution in [2.24, 2.45) is 0 Å². The van der Waals surface area contributed by atoms with Gasteiger partial charge >= 0.3 is 6.18 Å². The number of alkyl halides is 3. The number of hydrogen-bond donors (Lipinski definition) is 3. The second-order valence-electron chi connectivity index (χ2n) is 6.41. The number of benzene rings is 2. The summed E-state index contributed by atoms with van der Waals surface area (Å²) in [5, 5.41) is 8.00. The van der Waals surface area contributed by atoms with Crippen molar-refractivity contribution in [2.45, 2.75) is 12.6 Å². The largest absolute Gasteiger partial charge is 0.416 e. The van der Waals surface area contributed by atoms with E-state index in [1.807, 2.05) is 0 Å². The van der Waals surface area contributed by atoms with Gasteiger partial charge in [0.25, 0.3) is 5.91 Å². The van der Waals surface area contributed by atoms with Crippen molar-refractivity contribution in [3.8, 4) is 0 Å². The molecule has 0 aliphatic heterocycles. The van der Waals surface area contributed by atoms with Crippen molar-refractivity contribution in [3.63, 3.8) is 0 Å². The number of aromatic nitrogens is 2. The van der Waals surface area contributed by atoms with E-state index in [9.17, 15) is 22.8 Å². The van der Waals surface area contributed by atoms with Crippen molar-refractivity contribution >= 4 is 29.1 Å². The molecule has 0 aliphatic rings. The van der Waals surface area contributed by atoms with Crippen molar-refractivity contribution < 1.29 is 22.8 Å². The molecule has 0 atom stereocenters. The third-order valence-electron chi connectivity index (χ3n) is 4.06. The summed E-state index contributed by atoms with van der Waals surface area (Å²) >= 11 is 0. The van der Waals surface area contributed by atoms with Gasteiger partial charge in [-0.3, -0.25) is 9.59 Å². The number of halogens is 3. The number of carbonyl (C=O) groups is 2. The molecule has 0 unspecified atom stereocenters. The van der Waals surface area contributed by atoms with E-state index in [0.717, 1.165) is 12.1 Å². The fourth-order valence-electron chi connectivity index (χ4n) is 2.62. The van der Waals surface area contributed by atoms with Gasteiger partial charge in [-0.1, -0.05) is 12.1 Å². The van der Waals surface area contributed by atoms with E-state index >= 15 is 0 Å². The van der Waals surface area contributed by atoms with E-state index in [0.29, 0.717) is 18.2 Å². The number of nitrogens with zero attached hydrogens (tertiary/aromatic N) is 2. The zero-order chi connectivity index (χ0) is 22.3. The Hall–Kier alpha value is -3.95. The minimum absolute atomic E-state index is 0.0171. The molecule has 7 nitrogen and oxygen atoms in total. The number of carbonyl (C=O) groups excluding carboxylic acids is 2. The molecule has 3 rings (SSSR count). The van der Waals surface area contributed by atoms with Gasteiger partial charge in [-0.15, -0.1) is 0 Å². The first-order valence-corrected chi connectivity index (χ1v) is 9.21. The van der Waals surface area contributed by atoms with Crippen LogP contribution < -0.4 is 16.0 Å². The smallest absolute Gasteiger partial charge is 0.354 e. The highest BCUT2D eigenvalue weighted by atomic mass is 19.4. The van der Waals surface area contributed by atoms with Crippen LogP contribution in [0, 0.1) is 0 Å². The van der Waals surface area contributed by atoms with Gasteiger partial charge in [-0.05, 0) is 42.5 Å².